The van der Waals surface area contributed by atoms with Gasteiger partial charge in [0.05, 0.1) is 0 Å². The molecule has 0 aromatic rings. The van der Waals surface area contributed by atoms with Gasteiger partial charge in [0.1, 0.15) is 0 Å². The molecule has 0 saturated carbocycles. The summed E-state index contributed by atoms with van der Waals surface area (Å²) in [5.41, 5.74) is 0. The van der Waals surface area contributed by atoms with Crippen LogP contribution in [0.25, 0.3) is 0 Å². The lowest BCUT2D eigenvalue weighted by atomic mass is 10.1. The Kier molecular flexibility index (Phi) is 4.15. The lowest BCUT2D eigenvalue weighted by Gasteiger charge is -2.25. The van der Waals surface area contributed by atoms with Crippen LogP contribution in [0.2, 0.25) is 0 Å². The third kappa shape index (κ3) is 2.50. The van der Waals surface area contributed by atoms with E-state index in [9.17, 15) is 4.39 Å². The van der Waals surface area contributed by atoms with Crippen molar-refractivity contribution in [1.29, 1.82) is 0 Å². The quantitative estimate of drug-likeness (QED) is 0.480. The monoisotopic (exact) mass is 153 g/mol. The Morgan fingerprint density at radius 1 is 1.44 bits per heavy atom. The van der Waals surface area contributed by atoms with Gasteiger partial charge in [-0.3, -0.25) is 4.90 Å². The zero-order valence-corrected chi connectivity index (χ0v) is 6.46. The molecule has 0 spiro atoms. The first-order valence-electron chi connectivity index (χ1n) is 3.15. The zero-order chi connectivity index (χ0) is 5.98. The molecule has 1 aliphatic rings. The van der Waals surface area contributed by atoms with Crippen LogP contribution in [0.1, 0.15) is 19.3 Å². The molecule has 0 N–H and O–H groups in total. The van der Waals surface area contributed by atoms with Crippen LogP contribution in [0.4, 0.5) is 4.39 Å². The highest BCUT2D eigenvalue weighted by Gasteiger charge is 2.16. The zero-order valence-electron chi connectivity index (χ0n) is 5.64. The van der Waals surface area contributed by atoms with Crippen molar-refractivity contribution < 1.29 is 4.39 Å². The normalized spacial score (nSPS) is 29.3. The van der Waals surface area contributed by atoms with E-state index >= 15 is 0 Å². The number of halogens is 2. The molecule has 56 valence electrons. The number of rotatable bonds is 0. The first-order valence-corrected chi connectivity index (χ1v) is 3.15. The van der Waals surface area contributed by atoms with Crippen molar-refractivity contribution in [2.45, 2.75) is 25.6 Å². The lowest BCUT2D eigenvalue weighted by Crippen LogP contribution is -2.32. The topological polar surface area (TPSA) is 3.24 Å². The smallest absolute Gasteiger partial charge is 0.153 e. The van der Waals surface area contributed by atoms with Crippen molar-refractivity contribution in [3.63, 3.8) is 0 Å². The van der Waals surface area contributed by atoms with Gasteiger partial charge in [0, 0.05) is 6.54 Å². The molecule has 0 aliphatic carbocycles. The molecule has 1 unspecified atom stereocenters. The van der Waals surface area contributed by atoms with E-state index in [1.807, 2.05) is 7.05 Å². The Hall–Kier alpha value is 0.180. The SMILES string of the molecule is CN1CCCCC1F.Cl. The molecule has 0 aromatic heterocycles. The Bertz CT molecular complexity index is 69.5. The highest BCUT2D eigenvalue weighted by molar-refractivity contribution is 5.85. The second kappa shape index (κ2) is 4.07. The van der Waals surface area contributed by atoms with E-state index < -0.39 is 6.30 Å². The van der Waals surface area contributed by atoms with Crippen molar-refractivity contribution in [1.82, 2.24) is 4.90 Å². The van der Waals surface area contributed by atoms with Gasteiger partial charge >= 0.3 is 0 Å². The molecule has 0 aromatic carbocycles. The first kappa shape index (κ1) is 9.18. The second-order valence-corrected chi connectivity index (χ2v) is 2.41. The van der Waals surface area contributed by atoms with Crippen LogP contribution in [-0.2, 0) is 0 Å². The van der Waals surface area contributed by atoms with Gasteiger partial charge in [-0.15, -0.1) is 12.4 Å². The van der Waals surface area contributed by atoms with Gasteiger partial charge in [-0.05, 0) is 26.3 Å². The van der Waals surface area contributed by atoms with Crippen LogP contribution in [0, 0.1) is 0 Å². The summed E-state index contributed by atoms with van der Waals surface area (Å²) in [6.45, 7) is 0.932. The van der Waals surface area contributed by atoms with Crippen molar-refractivity contribution in [2.24, 2.45) is 0 Å². The van der Waals surface area contributed by atoms with Crippen molar-refractivity contribution >= 4 is 12.4 Å². The van der Waals surface area contributed by atoms with E-state index in [0.29, 0.717) is 0 Å². The second-order valence-electron chi connectivity index (χ2n) is 2.41. The molecule has 1 atom stereocenters. The fourth-order valence-corrected chi connectivity index (χ4v) is 1.03. The van der Waals surface area contributed by atoms with E-state index in [-0.39, 0.29) is 12.4 Å². The van der Waals surface area contributed by atoms with Gasteiger partial charge in [0.15, 0.2) is 6.30 Å². The summed E-state index contributed by atoms with van der Waals surface area (Å²) in [4.78, 5) is 1.77. The largest absolute Gasteiger partial charge is 0.277 e. The maximum Gasteiger partial charge on any atom is 0.153 e. The Morgan fingerprint density at radius 2 is 2.11 bits per heavy atom. The summed E-state index contributed by atoms with van der Waals surface area (Å²) < 4.78 is 12.5. The molecule has 0 amide bonds. The Balaban J connectivity index is 0.000000640. The minimum atomic E-state index is -0.663. The molecular formula is C6H13ClFN. The summed E-state index contributed by atoms with van der Waals surface area (Å²) in [5, 5.41) is 0. The lowest BCUT2D eigenvalue weighted by molar-refractivity contribution is 0.0713. The fourth-order valence-electron chi connectivity index (χ4n) is 1.03. The molecule has 1 heterocycles. The molecule has 1 aliphatic heterocycles. The molecule has 1 rings (SSSR count). The summed E-state index contributed by atoms with van der Waals surface area (Å²) in [6, 6.07) is 0. The number of hydrogen-bond acceptors (Lipinski definition) is 1. The van der Waals surface area contributed by atoms with E-state index in [0.717, 1.165) is 25.8 Å². The van der Waals surface area contributed by atoms with Crippen LogP contribution in [0.3, 0.4) is 0 Å². The summed E-state index contributed by atoms with van der Waals surface area (Å²) >= 11 is 0. The average molecular weight is 154 g/mol. The maximum atomic E-state index is 12.5. The van der Waals surface area contributed by atoms with Crippen molar-refractivity contribution in [2.75, 3.05) is 13.6 Å². The molecule has 0 bridgehead atoms. The average Bonchev–Trinajstić information content (AvgIpc) is 1.77. The number of hydrogen-bond donors (Lipinski definition) is 0. The van der Waals surface area contributed by atoms with E-state index in [1.54, 1.807) is 4.90 Å². The van der Waals surface area contributed by atoms with Crippen molar-refractivity contribution in [3.8, 4) is 0 Å². The minimum absolute atomic E-state index is 0. The molecule has 1 fully saturated rings. The van der Waals surface area contributed by atoms with Gasteiger partial charge in [-0.2, -0.15) is 0 Å². The van der Waals surface area contributed by atoms with Crippen LogP contribution >= 0.6 is 12.4 Å². The van der Waals surface area contributed by atoms with Gasteiger partial charge in [-0.1, -0.05) is 0 Å². The number of alkyl halides is 1. The van der Waals surface area contributed by atoms with Gasteiger partial charge in [0.25, 0.3) is 0 Å². The first-order chi connectivity index (χ1) is 3.80. The predicted molar refractivity (Wildman–Crippen MR) is 38.6 cm³/mol. The van der Waals surface area contributed by atoms with Crippen LogP contribution in [-0.4, -0.2) is 24.8 Å². The highest BCUT2D eigenvalue weighted by atomic mass is 35.5. The van der Waals surface area contributed by atoms with Gasteiger partial charge < -0.3 is 0 Å². The summed E-state index contributed by atoms with van der Waals surface area (Å²) in [5.74, 6) is 0. The highest BCUT2D eigenvalue weighted by Crippen LogP contribution is 2.14. The molecule has 9 heavy (non-hydrogen) atoms. The van der Waals surface area contributed by atoms with Crippen LogP contribution in [0.15, 0.2) is 0 Å². The fraction of sp³-hybridized carbons (Fsp3) is 1.00. The number of nitrogens with zero attached hydrogens (tertiary/aromatic N) is 1. The molecule has 3 heteroatoms. The van der Waals surface area contributed by atoms with Crippen molar-refractivity contribution in [3.05, 3.63) is 0 Å². The van der Waals surface area contributed by atoms with Gasteiger partial charge in [-0.25, -0.2) is 4.39 Å². The van der Waals surface area contributed by atoms with Gasteiger partial charge in [0.2, 0.25) is 0 Å². The van der Waals surface area contributed by atoms with Crippen LogP contribution < -0.4 is 0 Å². The summed E-state index contributed by atoms with van der Waals surface area (Å²) in [6.07, 6.45) is 2.29. The van der Waals surface area contributed by atoms with E-state index in [1.165, 1.54) is 0 Å². The molecule has 1 nitrogen and oxygen atoms in total. The van der Waals surface area contributed by atoms with Crippen LogP contribution in [0.5, 0.6) is 0 Å². The molecule has 0 radical (unpaired) electrons. The Labute approximate surface area is 61.6 Å². The third-order valence-corrected chi connectivity index (χ3v) is 1.68. The Morgan fingerprint density at radius 3 is 2.44 bits per heavy atom. The van der Waals surface area contributed by atoms with E-state index in [2.05, 4.69) is 0 Å². The minimum Gasteiger partial charge on any atom is -0.277 e. The number of likely N-dealkylation sites (tertiary alicyclic amines) is 1. The maximum absolute atomic E-state index is 12.5. The standard InChI is InChI=1S/C6H12FN.ClH/c1-8-5-3-2-4-6(8)7;/h6H,2-5H2,1H3;1H. The number of piperidine rings is 1. The molecule has 1 saturated heterocycles. The predicted octanol–water partition coefficient (Wildman–Crippen LogP) is 1.82. The summed E-state index contributed by atoms with van der Waals surface area (Å²) in [7, 11) is 1.84. The third-order valence-electron chi connectivity index (χ3n) is 1.68. The molecular weight excluding hydrogens is 141 g/mol. The van der Waals surface area contributed by atoms with E-state index in [4.69, 9.17) is 0 Å².